The van der Waals surface area contributed by atoms with Crippen LogP contribution in [0.5, 0.6) is 0 Å². The molecule has 6 heteroatoms. The molecule has 2 aromatic heterocycles. The van der Waals surface area contributed by atoms with Crippen molar-refractivity contribution in [3.63, 3.8) is 0 Å². The smallest absolute Gasteiger partial charge is 0.375 e. The van der Waals surface area contributed by atoms with Gasteiger partial charge in [-0.05, 0) is 25.0 Å². The lowest BCUT2D eigenvalue weighted by Crippen LogP contribution is -2.17. The molecule has 1 aliphatic rings. The zero-order valence-electron chi connectivity index (χ0n) is 9.74. The van der Waals surface area contributed by atoms with E-state index in [1.54, 1.807) is 10.6 Å². The minimum Gasteiger partial charge on any atom is -0.475 e. The maximum Gasteiger partial charge on any atom is 0.375 e. The van der Waals surface area contributed by atoms with Gasteiger partial charge in [0.1, 0.15) is 0 Å². The maximum absolute atomic E-state index is 10.9. The van der Waals surface area contributed by atoms with Gasteiger partial charge in [0.05, 0.1) is 0 Å². The molecular formula is C12H13N3O3. The molecule has 1 saturated heterocycles. The zero-order chi connectivity index (χ0) is 12.5. The van der Waals surface area contributed by atoms with E-state index in [1.807, 2.05) is 12.1 Å². The van der Waals surface area contributed by atoms with E-state index < -0.39 is 5.97 Å². The van der Waals surface area contributed by atoms with E-state index >= 15 is 0 Å². The molecule has 0 bridgehead atoms. The fraction of sp³-hybridized carbons (Fsp3) is 0.417. The van der Waals surface area contributed by atoms with Gasteiger partial charge in [-0.15, -0.1) is 5.10 Å². The minimum absolute atomic E-state index is 0.158. The number of carbonyl (C=O) groups is 1. The normalized spacial score (nSPS) is 17.1. The summed E-state index contributed by atoms with van der Waals surface area (Å²) in [4.78, 5) is 14.9. The largest absolute Gasteiger partial charge is 0.475 e. The van der Waals surface area contributed by atoms with E-state index in [-0.39, 0.29) is 5.82 Å². The number of aromatic carboxylic acids is 1. The van der Waals surface area contributed by atoms with Crippen molar-refractivity contribution in [3.8, 4) is 0 Å². The lowest BCUT2D eigenvalue weighted by molar-refractivity contribution is 0.0683. The first-order valence-corrected chi connectivity index (χ1v) is 5.92. The minimum atomic E-state index is -1.10. The van der Waals surface area contributed by atoms with Crippen LogP contribution in [0.3, 0.4) is 0 Å². The summed E-state index contributed by atoms with van der Waals surface area (Å²) < 4.78 is 6.98. The average Bonchev–Trinajstić information content (AvgIpc) is 2.83. The predicted octanol–water partition coefficient (Wildman–Crippen LogP) is 1.32. The summed E-state index contributed by atoms with van der Waals surface area (Å²) in [6.45, 7) is 1.48. The van der Waals surface area contributed by atoms with E-state index in [0.717, 1.165) is 31.7 Å². The molecule has 94 valence electrons. The Morgan fingerprint density at radius 2 is 2.17 bits per heavy atom. The summed E-state index contributed by atoms with van der Waals surface area (Å²) in [5.41, 5.74) is 1.59. The molecule has 3 heterocycles. The summed E-state index contributed by atoms with van der Waals surface area (Å²) in [5.74, 6) is -0.906. The van der Waals surface area contributed by atoms with E-state index in [0.29, 0.717) is 11.6 Å². The molecule has 0 saturated carbocycles. The van der Waals surface area contributed by atoms with E-state index in [1.165, 1.54) is 0 Å². The third-order valence-corrected chi connectivity index (χ3v) is 3.22. The lowest BCUT2D eigenvalue weighted by Gasteiger charge is -2.22. The molecule has 0 atom stereocenters. The van der Waals surface area contributed by atoms with Gasteiger partial charge in [0.15, 0.2) is 5.65 Å². The second kappa shape index (κ2) is 4.38. The molecule has 1 N–H and O–H groups in total. The Bertz CT molecular complexity index is 587. The van der Waals surface area contributed by atoms with Crippen LogP contribution in [0.2, 0.25) is 0 Å². The number of fused-ring (bicyclic) bond motifs is 1. The first kappa shape index (κ1) is 11.2. The number of carboxylic acids is 1. The number of nitrogens with zero attached hydrogens (tertiary/aromatic N) is 3. The van der Waals surface area contributed by atoms with Crippen LogP contribution in [-0.4, -0.2) is 38.9 Å². The molecule has 1 aliphatic heterocycles. The van der Waals surface area contributed by atoms with E-state index in [4.69, 9.17) is 9.84 Å². The Balaban J connectivity index is 2.07. The number of ether oxygens (including phenoxy) is 1. The zero-order valence-corrected chi connectivity index (χ0v) is 9.74. The first-order valence-electron chi connectivity index (χ1n) is 5.92. The average molecular weight is 247 g/mol. The van der Waals surface area contributed by atoms with Gasteiger partial charge in [0.25, 0.3) is 5.82 Å². The Labute approximate surface area is 103 Å². The van der Waals surface area contributed by atoms with Crippen molar-refractivity contribution in [3.05, 3.63) is 29.7 Å². The highest BCUT2D eigenvalue weighted by atomic mass is 16.5. The number of aromatic nitrogens is 3. The Hall–Kier alpha value is -1.95. The van der Waals surface area contributed by atoms with E-state index in [2.05, 4.69) is 10.1 Å². The molecular weight excluding hydrogens is 234 g/mol. The molecule has 18 heavy (non-hydrogen) atoms. The van der Waals surface area contributed by atoms with Crippen LogP contribution < -0.4 is 0 Å². The Morgan fingerprint density at radius 1 is 1.39 bits per heavy atom. The standard InChI is InChI=1S/C12H13N3O3/c16-12(17)11-13-10-3-1-2-9(15(10)14-11)8-4-6-18-7-5-8/h1-3,8H,4-7H2,(H,16,17). The van der Waals surface area contributed by atoms with E-state index in [9.17, 15) is 4.79 Å². The van der Waals surface area contributed by atoms with Crippen LogP contribution in [-0.2, 0) is 4.74 Å². The topological polar surface area (TPSA) is 76.7 Å². The Morgan fingerprint density at radius 3 is 2.89 bits per heavy atom. The van der Waals surface area contributed by atoms with Crippen LogP contribution in [0.25, 0.3) is 5.65 Å². The summed E-state index contributed by atoms with van der Waals surface area (Å²) >= 11 is 0. The van der Waals surface area contributed by atoms with Crippen molar-refractivity contribution in [1.82, 2.24) is 14.6 Å². The summed E-state index contributed by atoms with van der Waals surface area (Å²) in [6, 6.07) is 5.63. The third-order valence-electron chi connectivity index (χ3n) is 3.22. The molecule has 0 spiro atoms. The highest BCUT2D eigenvalue weighted by Gasteiger charge is 2.20. The van der Waals surface area contributed by atoms with Crippen LogP contribution in [0.15, 0.2) is 18.2 Å². The van der Waals surface area contributed by atoms with Gasteiger partial charge in [0.2, 0.25) is 0 Å². The second-order valence-corrected chi connectivity index (χ2v) is 4.35. The molecule has 0 amide bonds. The fourth-order valence-corrected chi connectivity index (χ4v) is 2.32. The monoisotopic (exact) mass is 247 g/mol. The SMILES string of the molecule is O=C(O)c1nc2cccc(C3CCOCC3)n2n1. The molecule has 0 aliphatic carbocycles. The number of pyridine rings is 1. The fourth-order valence-electron chi connectivity index (χ4n) is 2.32. The van der Waals surface area contributed by atoms with Gasteiger partial charge in [-0.1, -0.05) is 6.07 Å². The molecule has 0 unspecified atom stereocenters. The third kappa shape index (κ3) is 1.84. The number of rotatable bonds is 2. The van der Waals surface area contributed by atoms with Crippen LogP contribution in [0, 0.1) is 0 Å². The van der Waals surface area contributed by atoms with Gasteiger partial charge < -0.3 is 9.84 Å². The molecule has 6 nitrogen and oxygen atoms in total. The number of carboxylic acid groups (broad SMARTS) is 1. The van der Waals surface area contributed by atoms with Crippen LogP contribution in [0.4, 0.5) is 0 Å². The highest BCUT2D eigenvalue weighted by Crippen LogP contribution is 2.26. The molecule has 0 radical (unpaired) electrons. The van der Waals surface area contributed by atoms with Gasteiger partial charge in [-0.2, -0.15) is 0 Å². The lowest BCUT2D eigenvalue weighted by atomic mass is 9.96. The number of hydrogen-bond acceptors (Lipinski definition) is 4. The quantitative estimate of drug-likeness (QED) is 0.866. The second-order valence-electron chi connectivity index (χ2n) is 4.35. The molecule has 3 rings (SSSR count). The Kier molecular flexibility index (Phi) is 2.71. The maximum atomic E-state index is 10.9. The molecule has 0 aromatic carbocycles. The highest BCUT2D eigenvalue weighted by molar-refractivity contribution is 5.83. The van der Waals surface area contributed by atoms with Crippen molar-refractivity contribution in [1.29, 1.82) is 0 Å². The van der Waals surface area contributed by atoms with Crippen molar-refractivity contribution in [2.75, 3.05) is 13.2 Å². The van der Waals surface area contributed by atoms with Crippen molar-refractivity contribution < 1.29 is 14.6 Å². The van der Waals surface area contributed by atoms with Crippen molar-refractivity contribution in [2.45, 2.75) is 18.8 Å². The summed E-state index contributed by atoms with van der Waals surface area (Å²) in [7, 11) is 0. The predicted molar refractivity (Wildman–Crippen MR) is 62.7 cm³/mol. The van der Waals surface area contributed by atoms with Gasteiger partial charge >= 0.3 is 5.97 Å². The van der Waals surface area contributed by atoms with Gasteiger partial charge in [-0.3, -0.25) is 0 Å². The van der Waals surface area contributed by atoms with Crippen LogP contribution >= 0.6 is 0 Å². The molecule has 1 fully saturated rings. The van der Waals surface area contributed by atoms with Gasteiger partial charge in [0, 0.05) is 24.8 Å². The first-order chi connectivity index (χ1) is 8.75. The molecule has 2 aromatic rings. The van der Waals surface area contributed by atoms with Crippen molar-refractivity contribution in [2.24, 2.45) is 0 Å². The van der Waals surface area contributed by atoms with Gasteiger partial charge in [-0.25, -0.2) is 14.3 Å². The number of hydrogen-bond donors (Lipinski definition) is 1. The summed E-state index contributed by atoms with van der Waals surface area (Å²) in [6.07, 6.45) is 1.86. The van der Waals surface area contributed by atoms with Crippen LogP contribution in [0.1, 0.15) is 35.1 Å². The summed E-state index contributed by atoms with van der Waals surface area (Å²) in [5, 5.41) is 13.0. The van der Waals surface area contributed by atoms with Crippen molar-refractivity contribution >= 4 is 11.6 Å².